The Morgan fingerprint density at radius 3 is 2.62 bits per heavy atom. The number of carbonyl (C=O) groups excluding carboxylic acids is 2. The molecule has 1 aromatic carbocycles. The summed E-state index contributed by atoms with van der Waals surface area (Å²) in [7, 11) is 0. The zero-order chi connectivity index (χ0) is 17.4. The fourth-order valence-corrected chi connectivity index (χ4v) is 3.56. The van der Waals surface area contributed by atoms with Crippen LogP contribution < -0.4 is 15.4 Å². The standard InChI is InChI=1S/C18H26N2O3S/c1-2-3-4-5-11-23-15-8-6-14(7-9-15)20-17(21)13-16(18(20)22)24-12-10-19/h6-9,16H,2-5,10-13,19H2,1H3/t16-/m0/s1. The summed E-state index contributed by atoms with van der Waals surface area (Å²) in [6.45, 7) is 3.38. The van der Waals surface area contributed by atoms with Crippen molar-refractivity contribution < 1.29 is 14.3 Å². The van der Waals surface area contributed by atoms with Crippen LogP contribution in [0.5, 0.6) is 5.75 Å². The SMILES string of the molecule is CCCCCCOc1ccc(N2C(=O)C[C@H](SCCN)C2=O)cc1. The minimum Gasteiger partial charge on any atom is -0.494 e. The molecule has 0 bridgehead atoms. The fraction of sp³-hybridized carbons (Fsp3) is 0.556. The van der Waals surface area contributed by atoms with E-state index in [1.807, 2.05) is 12.1 Å². The molecule has 0 aliphatic carbocycles. The van der Waals surface area contributed by atoms with Gasteiger partial charge in [-0.3, -0.25) is 9.59 Å². The van der Waals surface area contributed by atoms with E-state index >= 15 is 0 Å². The predicted molar refractivity (Wildman–Crippen MR) is 98.5 cm³/mol. The van der Waals surface area contributed by atoms with Crippen molar-refractivity contribution in [2.45, 2.75) is 44.3 Å². The first-order valence-electron chi connectivity index (χ1n) is 8.58. The maximum atomic E-state index is 12.4. The van der Waals surface area contributed by atoms with E-state index in [0.29, 0.717) is 24.6 Å². The average molecular weight is 350 g/mol. The zero-order valence-corrected chi connectivity index (χ0v) is 15.0. The topological polar surface area (TPSA) is 72.6 Å². The van der Waals surface area contributed by atoms with Gasteiger partial charge < -0.3 is 10.5 Å². The monoisotopic (exact) mass is 350 g/mol. The molecule has 1 atom stereocenters. The van der Waals surface area contributed by atoms with Crippen LogP contribution in [-0.4, -0.2) is 36.0 Å². The van der Waals surface area contributed by atoms with E-state index in [0.717, 1.165) is 12.2 Å². The number of benzene rings is 1. The van der Waals surface area contributed by atoms with Crippen molar-refractivity contribution in [2.75, 3.05) is 23.8 Å². The van der Waals surface area contributed by atoms with Crippen LogP contribution in [0, 0.1) is 0 Å². The lowest BCUT2D eigenvalue weighted by Gasteiger charge is -2.15. The Morgan fingerprint density at radius 1 is 1.21 bits per heavy atom. The molecule has 1 aliphatic heterocycles. The number of hydrogen-bond donors (Lipinski definition) is 1. The number of anilines is 1. The van der Waals surface area contributed by atoms with Crippen molar-refractivity contribution in [1.82, 2.24) is 0 Å². The molecule has 0 aromatic heterocycles. The Bertz CT molecular complexity index is 548. The Hall–Kier alpha value is -1.53. The van der Waals surface area contributed by atoms with Gasteiger partial charge in [0, 0.05) is 18.7 Å². The second kappa shape index (κ2) is 9.69. The van der Waals surface area contributed by atoms with Crippen LogP contribution in [0.4, 0.5) is 5.69 Å². The third-order valence-corrected chi connectivity index (χ3v) is 5.15. The third kappa shape index (κ3) is 4.98. The van der Waals surface area contributed by atoms with Crippen LogP contribution in [0.25, 0.3) is 0 Å². The number of carbonyl (C=O) groups is 2. The number of thioether (sulfide) groups is 1. The van der Waals surface area contributed by atoms with E-state index in [2.05, 4.69) is 6.92 Å². The molecule has 1 aromatic rings. The molecule has 132 valence electrons. The maximum absolute atomic E-state index is 12.4. The third-order valence-electron chi connectivity index (χ3n) is 3.90. The number of nitrogens with two attached hydrogens (primary N) is 1. The fourth-order valence-electron chi connectivity index (χ4n) is 2.63. The molecule has 0 radical (unpaired) electrons. The van der Waals surface area contributed by atoms with Gasteiger partial charge >= 0.3 is 0 Å². The number of imide groups is 1. The molecule has 2 N–H and O–H groups in total. The second-order valence-electron chi connectivity index (χ2n) is 5.82. The second-order valence-corrected chi connectivity index (χ2v) is 7.13. The first-order valence-corrected chi connectivity index (χ1v) is 9.63. The summed E-state index contributed by atoms with van der Waals surface area (Å²) in [4.78, 5) is 25.8. The van der Waals surface area contributed by atoms with Gasteiger partial charge in [-0.2, -0.15) is 0 Å². The van der Waals surface area contributed by atoms with Gasteiger partial charge in [-0.25, -0.2) is 4.90 Å². The van der Waals surface area contributed by atoms with Crippen LogP contribution in [0.1, 0.15) is 39.0 Å². The number of nitrogens with zero attached hydrogens (tertiary/aromatic N) is 1. The first kappa shape index (κ1) is 18.8. The van der Waals surface area contributed by atoms with E-state index in [1.54, 1.807) is 12.1 Å². The van der Waals surface area contributed by atoms with Gasteiger partial charge in [-0.05, 0) is 30.7 Å². The number of unbranched alkanes of at least 4 members (excludes halogenated alkanes) is 3. The van der Waals surface area contributed by atoms with Crippen molar-refractivity contribution >= 4 is 29.3 Å². The largest absolute Gasteiger partial charge is 0.494 e. The van der Waals surface area contributed by atoms with E-state index < -0.39 is 0 Å². The lowest BCUT2D eigenvalue weighted by atomic mass is 10.2. The quantitative estimate of drug-likeness (QED) is 0.519. The van der Waals surface area contributed by atoms with E-state index in [4.69, 9.17) is 10.5 Å². The summed E-state index contributed by atoms with van der Waals surface area (Å²) >= 11 is 1.45. The number of rotatable bonds is 10. The molecule has 1 heterocycles. The van der Waals surface area contributed by atoms with E-state index in [9.17, 15) is 9.59 Å². The molecular formula is C18H26N2O3S. The summed E-state index contributed by atoms with van der Waals surface area (Å²) in [6, 6.07) is 7.17. The van der Waals surface area contributed by atoms with Gasteiger partial charge in [0.05, 0.1) is 17.5 Å². The van der Waals surface area contributed by atoms with E-state index in [-0.39, 0.29) is 23.5 Å². The van der Waals surface area contributed by atoms with Gasteiger partial charge in [-0.1, -0.05) is 26.2 Å². The van der Waals surface area contributed by atoms with Crippen LogP contribution >= 0.6 is 11.8 Å². The molecule has 0 unspecified atom stereocenters. The number of hydrogen-bond acceptors (Lipinski definition) is 5. The summed E-state index contributed by atoms with van der Waals surface area (Å²) in [5.41, 5.74) is 6.08. The highest BCUT2D eigenvalue weighted by atomic mass is 32.2. The molecule has 6 heteroatoms. The molecule has 24 heavy (non-hydrogen) atoms. The summed E-state index contributed by atoms with van der Waals surface area (Å²) in [5.74, 6) is 1.15. The molecule has 2 rings (SSSR count). The molecule has 0 saturated carbocycles. The van der Waals surface area contributed by atoms with E-state index in [1.165, 1.54) is 35.9 Å². The van der Waals surface area contributed by atoms with Crippen LogP contribution in [0.2, 0.25) is 0 Å². The Kier molecular flexibility index (Phi) is 7.59. The molecule has 1 aliphatic rings. The minimum absolute atomic E-state index is 0.147. The van der Waals surface area contributed by atoms with Gasteiger partial charge in [0.25, 0.3) is 0 Å². The summed E-state index contributed by atoms with van der Waals surface area (Å²) in [6.07, 6.45) is 4.90. The van der Waals surface area contributed by atoms with Crippen molar-refractivity contribution in [3.05, 3.63) is 24.3 Å². The number of ether oxygens (including phenoxy) is 1. The van der Waals surface area contributed by atoms with Crippen molar-refractivity contribution in [3.8, 4) is 5.75 Å². The highest BCUT2D eigenvalue weighted by molar-refractivity contribution is 8.00. The zero-order valence-electron chi connectivity index (χ0n) is 14.2. The highest BCUT2D eigenvalue weighted by Gasteiger charge is 2.39. The normalized spacial score (nSPS) is 17.6. The van der Waals surface area contributed by atoms with Gasteiger partial charge in [0.1, 0.15) is 5.75 Å². The molecule has 2 amide bonds. The highest BCUT2D eigenvalue weighted by Crippen LogP contribution is 2.30. The molecule has 0 spiro atoms. The van der Waals surface area contributed by atoms with Crippen molar-refractivity contribution in [2.24, 2.45) is 5.73 Å². The smallest absolute Gasteiger partial charge is 0.247 e. The van der Waals surface area contributed by atoms with Crippen molar-refractivity contribution in [3.63, 3.8) is 0 Å². The summed E-state index contributed by atoms with van der Waals surface area (Å²) in [5, 5.41) is -0.310. The molecule has 1 fully saturated rings. The van der Waals surface area contributed by atoms with Gasteiger partial charge in [0.2, 0.25) is 11.8 Å². The number of amides is 2. The lowest BCUT2D eigenvalue weighted by Crippen LogP contribution is -2.31. The molecule has 5 nitrogen and oxygen atoms in total. The Labute approximate surface area is 147 Å². The average Bonchev–Trinajstić information content (AvgIpc) is 2.87. The summed E-state index contributed by atoms with van der Waals surface area (Å²) < 4.78 is 5.69. The molecule has 1 saturated heterocycles. The lowest BCUT2D eigenvalue weighted by molar-refractivity contribution is -0.121. The maximum Gasteiger partial charge on any atom is 0.247 e. The Balaban J connectivity index is 1.90. The van der Waals surface area contributed by atoms with Crippen LogP contribution in [-0.2, 0) is 9.59 Å². The van der Waals surface area contributed by atoms with Gasteiger partial charge in [0.15, 0.2) is 0 Å². The predicted octanol–water partition coefficient (Wildman–Crippen LogP) is 2.97. The van der Waals surface area contributed by atoms with Crippen LogP contribution in [0.3, 0.4) is 0 Å². The Morgan fingerprint density at radius 2 is 1.96 bits per heavy atom. The first-order chi connectivity index (χ1) is 11.7. The minimum atomic E-state index is -0.310. The van der Waals surface area contributed by atoms with Crippen LogP contribution in [0.15, 0.2) is 24.3 Å². The van der Waals surface area contributed by atoms with Gasteiger partial charge in [-0.15, -0.1) is 11.8 Å². The molecular weight excluding hydrogens is 324 g/mol. The van der Waals surface area contributed by atoms with Crippen molar-refractivity contribution in [1.29, 1.82) is 0 Å².